The zero-order valence-electron chi connectivity index (χ0n) is 17.8. The quantitative estimate of drug-likeness (QED) is 0.439. The summed E-state index contributed by atoms with van der Waals surface area (Å²) in [5.41, 5.74) is 13.9. The molecule has 3 aromatic carbocycles. The molecule has 0 atom stereocenters. The van der Waals surface area contributed by atoms with Crippen molar-refractivity contribution in [2.45, 2.75) is 32.6 Å². The van der Waals surface area contributed by atoms with Gasteiger partial charge in [-0.15, -0.1) is 0 Å². The second-order valence-corrected chi connectivity index (χ2v) is 8.03. The molecule has 0 aliphatic carbocycles. The van der Waals surface area contributed by atoms with Gasteiger partial charge in [0.2, 0.25) is 0 Å². The van der Waals surface area contributed by atoms with Crippen LogP contribution in [-0.4, -0.2) is 16.1 Å². The van der Waals surface area contributed by atoms with Crippen LogP contribution in [0.25, 0.3) is 0 Å². The number of carbonyl (C=O) groups excluding carboxylic acids is 1. The molecule has 0 unspecified atom stereocenters. The highest BCUT2D eigenvalue weighted by Crippen LogP contribution is 2.19. The highest BCUT2D eigenvalue weighted by molar-refractivity contribution is 5.95. The molecule has 4 nitrogen and oxygen atoms in total. The predicted octanol–water partition coefficient (Wildman–Crippen LogP) is 4.78. The third-order valence-corrected chi connectivity index (χ3v) is 5.59. The van der Waals surface area contributed by atoms with Gasteiger partial charge in [-0.2, -0.15) is 5.10 Å². The Morgan fingerprint density at radius 2 is 1.35 bits per heavy atom. The minimum absolute atomic E-state index is 0.427. The Labute approximate surface area is 183 Å². The summed E-state index contributed by atoms with van der Waals surface area (Å²) in [4.78, 5) is 12.2. The lowest BCUT2D eigenvalue weighted by Crippen LogP contribution is -2.15. The van der Waals surface area contributed by atoms with Crippen LogP contribution in [0.15, 0.2) is 78.9 Å². The molecule has 0 saturated carbocycles. The molecular formula is C27H27N3O. The molecule has 3 N–H and O–H groups in total. The van der Waals surface area contributed by atoms with Crippen molar-refractivity contribution in [1.29, 1.82) is 0 Å². The third kappa shape index (κ3) is 5.28. The van der Waals surface area contributed by atoms with Gasteiger partial charge in [-0.25, -0.2) is 0 Å². The molecule has 0 fully saturated rings. The molecule has 0 bridgehead atoms. The van der Waals surface area contributed by atoms with Gasteiger partial charge in [-0.3, -0.25) is 9.89 Å². The number of nitrogens with two attached hydrogens (primary N) is 1. The number of rotatable bonds is 8. The molecular weight excluding hydrogens is 382 g/mol. The lowest BCUT2D eigenvalue weighted by atomic mass is 9.99. The summed E-state index contributed by atoms with van der Waals surface area (Å²) in [6.45, 7) is 2.07. The first kappa shape index (κ1) is 20.6. The lowest BCUT2D eigenvalue weighted by molar-refractivity contribution is 0.0998. The number of nitrogens with zero attached hydrogens (tertiary/aromatic N) is 1. The van der Waals surface area contributed by atoms with E-state index >= 15 is 0 Å². The van der Waals surface area contributed by atoms with Crippen molar-refractivity contribution in [2.24, 2.45) is 5.73 Å². The monoisotopic (exact) mass is 409 g/mol. The van der Waals surface area contributed by atoms with Crippen LogP contribution in [0.4, 0.5) is 0 Å². The Morgan fingerprint density at radius 1 is 0.774 bits per heavy atom. The van der Waals surface area contributed by atoms with Gasteiger partial charge in [-0.1, -0.05) is 84.4 Å². The van der Waals surface area contributed by atoms with Crippen LogP contribution in [0.3, 0.4) is 0 Å². The topological polar surface area (TPSA) is 71.8 Å². The number of carbonyl (C=O) groups is 1. The van der Waals surface area contributed by atoms with Gasteiger partial charge in [0.25, 0.3) is 5.91 Å². The minimum Gasteiger partial charge on any atom is -0.365 e. The first-order chi connectivity index (χ1) is 15.1. The van der Waals surface area contributed by atoms with Crippen LogP contribution >= 0.6 is 0 Å². The van der Waals surface area contributed by atoms with Gasteiger partial charge in [0, 0.05) is 6.42 Å². The van der Waals surface area contributed by atoms with Gasteiger partial charge in [0.1, 0.15) is 0 Å². The summed E-state index contributed by atoms with van der Waals surface area (Å²) in [6.07, 6.45) is 3.00. The number of hydrogen-bond acceptors (Lipinski definition) is 2. The molecule has 1 heterocycles. The molecule has 0 spiro atoms. The normalized spacial score (nSPS) is 10.9. The van der Waals surface area contributed by atoms with Crippen LogP contribution in [0.5, 0.6) is 0 Å². The summed E-state index contributed by atoms with van der Waals surface area (Å²) in [6, 6.07) is 27.3. The first-order valence-electron chi connectivity index (χ1n) is 10.6. The Bertz CT molecular complexity index is 1140. The fourth-order valence-electron chi connectivity index (χ4n) is 3.85. The smallest absolute Gasteiger partial charge is 0.252 e. The number of amides is 1. The van der Waals surface area contributed by atoms with Crippen molar-refractivity contribution < 1.29 is 4.79 Å². The van der Waals surface area contributed by atoms with Crippen LogP contribution in [0.2, 0.25) is 0 Å². The van der Waals surface area contributed by atoms with E-state index in [0.717, 1.165) is 29.8 Å². The maximum absolute atomic E-state index is 12.2. The zero-order chi connectivity index (χ0) is 21.6. The summed E-state index contributed by atoms with van der Waals surface area (Å²) >= 11 is 0. The highest BCUT2D eigenvalue weighted by Gasteiger charge is 2.18. The van der Waals surface area contributed by atoms with Gasteiger partial charge in [0.05, 0.1) is 17.0 Å². The van der Waals surface area contributed by atoms with Crippen molar-refractivity contribution in [3.63, 3.8) is 0 Å². The summed E-state index contributed by atoms with van der Waals surface area (Å²) in [7, 11) is 0. The SMILES string of the molecule is Cc1ccc(CCc2n[nH]c(Cc3ccc(Cc4ccccc4)cc3)c2C(N)=O)cc1. The van der Waals surface area contributed by atoms with Gasteiger partial charge < -0.3 is 5.73 Å². The van der Waals surface area contributed by atoms with E-state index < -0.39 is 5.91 Å². The molecule has 4 aromatic rings. The third-order valence-electron chi connectivity index (χ3n) is 5.59. The van der Waals surface area contributed by atoms with E-state index in [9.17, 15) is 4.79 Å². The van der Waals surface area contributed by atoms with Crippen LogP contribution in [-0.2, 0) is 25.7 Å². The molecule has 0 aliphatic heterocycles. The van der Waals surface area contributed by atoms with E-state index in [-0.39, 0.29) is 0 Å². The van der Waals surface area contributed by atoms with Crippen molar-refractivity contribution in [3.8, 4) is 0 Å². The van der Waals surface area contributed by atoms with Crippen molar-refractivity contribution in [1.82, 2.24) is 10.2 Å². The largest absolute Gasteiger partial charge is 0.365 e. The predicted molar refractivity (Wildman–Crippen MR) is 124 cm³/mol. The summed E-state index contributed by atoms with van der Waals surface area (Å²) in [5.74, 6) is -0.427. The van der Waals surface area contributed by atoms with Crippen LogP contribution in [0.1, 0.15) is 49.6 Å². The number of H-pyrrole nitrogens is 1. The molecule has 4 heteroatoms. The van der Waals surface area contributed by atoms with Gasteiger partial charge >= 0.3 is 0 Å². The maximum Gasteiger partial charge on any atom is 0.252 e. The van der Waals surface area contributed by atoms with E-state index in [4.69, 9.17) is 5.73 Å². The average Bonchev–Trinajstić information content (AvgIpc) is 3.18. The maximum atomic E-state index is 12.2. The molecule has 31 heavy (non-hydrogen) atoms. The van der Waals surface area contributed by atoms with Crippen molar-refractivity contribution >= 4 is 5.91 Å². The van der Waals surface area contributed by atoms with E-state index in [1.807, 2.05) is 6.07 Å². The second-order valence-electron chi connectivity index (χ2n) is 8.03. The van der Waals surface area contributed by atoms with Gasteiger partial charge in [-0.05, 0) is 48.4 Å². The summed E-state index contributed by atoms with van der Waals surface area (Å²) < 4.78 is 0. The van der Waals surface area contributed by atoms with E-state index in [2.05, 4.69) is 89.9 Å². The number of aromatic amines is 1. The summed E-state index contributed by atoms with van der Waals surface area (Å²) in [5, 5.41) is 7.47. The molecule has 0 aliphatic rings. The van der Waals surface area contributed by atoms with Crippen molar-refractivity contribution in [2.75, 3.05) is 0 Å². The number of primary amides is 1. The van der Waals surface area contributed by atoms with Crippen molar-refractivity contribution in [3.05, 3.63) is 124 Å². The first-order valence-corrected chi connectivity index (χ1v) is 10.6. The second kappa shape index (κ2) is 9.43. The number of benzene rings is 3. The number of aryl methyl sites for hydroxylation is 3. The fourth-order valence-corrected chi connectivity index (χ4v) is 3.85. The number of nitrogens with one attached hydrogen (secondary N) is 1. The zero-order valence-corrected chi connectivity index (χ0v) is 17.8. The molecule has 1 aromatic heterocycles. The highest BCUT2D eigenvalue weighted by atomic mass is 16.1. The molecule has 0 saturated heterocycles. The molecule has 156 valence electrons. The van der Waals surface area contributed by atoms with Gasteiger partial charge in [0.15, 0.2) is 0 Å². The molecule has 0 radical (unpaired) electrons. The molecule has 1 amide bonds. The minimum atomic E-state index is -0.427. The average molecular weight is 410 g/mol. The van der Waals surface area contributed by atoms with E-state index in [0.29, 0.717) is 18.4 Å². The standard InChI is InChI=1S/C27H27N3O/c1-19-7-9-20(10-8-19)15-16-24-26(27(28)31)25(30-29-24)18-23-13-11-22(12-14-23)17-21-5-3-2-4-6-21/h2-14H,15-18H2,1H3,(H2,28,31)(H,29,30). The fraction of sp³-hybridized carbons (Fsp3) is 0.185. The van der Waals surface area contributed by atoms with E-state index in [1.165, 1.54) is 22.3 Å². The Morgan fingerprint density at radius 3 is 2.00 bits per heavy atom. The lowest BCUT2D eigenvalue weighted by Gasteiger charge is -2.06. The number of hydrogen-bond donors (Lipinski definition) is 2. The van der Waals surface area contributed by atoms with Crippen LogP contribution < -0.4 is 5.73 Å². The van der Waals surface area contributed by atoms with E-state index in [1.54, 1.807) is 0 Å². The molecule has 4 rings (SSSR count). The number of aromatic nitrogens is 2. The Balaban J connectivity index is 1.45. The Hall–Kier alpha value is -3.66. The Kier molecular flexibility index (Phi) is 6.27. The van der Waals surface area contributed by atoms with Crippen LogP contribution in [0, 0.1) is 6.92 Å².